The molecule has 0 saturated carbocycles. The van der Waals surface area contributed by atoms with E-state index in [1.165, 1.54) is 17.5 Å². The van der Waals surface area contributed by atoms with Gasteiger partial charge < -0.3 is 14.1 Å². The van der Waals surface area contributed by atoms with Crippen LogP contribution in [0.3, 0.4) is 0 Å². The molecule has 2 aliphatic heterocycles. The molecule has 140 valence electrons. The standard InChI is InChI=1S/C19H25N3O3S/c1-24-11-15-9-21(10-16-3-2-8-26-16)13-19(15)4-6-22(7-5-19)18(23)17-12-25-14-20-17/h2-3,8,12,14-15H,4-7,9-11,13H2,1H3. The number of aromatic nitrogens is 1. The fraction of sp³-hybridized carbons (Fsp3) is 0.579. The van der Waals surface area contributed by atoms with Crippen LogP contribution < -0.4 is 0 Å². The second-order valence-corrected chi connectivity index (χ2v) is 8.46. The Morgan fingerprint density at radius 1 is 1.46 bits per heavy atom. The van der Waals surface area contributed by atoms with Crippen LogP contribution in [0.15, 0.2) is 34.6 Å². The summed E-state index contributed by atoms with van der Waals surface area (Å²) in [7, 11) is 1.79. The van der Waals surface area contributed by atoms with Gasteiger partial charge in [-0.2, -0.15) is 0 Å². The molecular weight excluding hydrogens is 350 g/mol. The molecule has 26 heavy (non-hydrogen) atoms. The minimum Gasteiger partial charge on any atom is -0.451 e. The summed E-state index contributed by atoms with van der Waals surface area (Å²) < 4.78 is 10.5. The number of nitrogens with zero attached hydrogens (tertiary/aromatic N) is 3. The largest absolute Gasteiger partial charge is 0.451 e. The van der Waals surface area contributed by atoms with Crippen molar-refractivity contribution in [3.63, 3.8) is 0 Å². The number of hydrogen-bond acceptors (Lipinski definition) is 6. The third kappa shape index (κ3) is 3.43. The van der Waals surface area contributed by atoms with Crippen LogP contribution in [-0.2, 0) is 11.3 Å². The van der Waals surface area contributed by atoms with Crippen LogP contribution in [0, 0.1) is 11.3 Å². The first-order valence-corrected chi connectivity index (χ1v) is 9.99. The van der Waals surface area contributed by atoms with Crippen molar-refractivity contribution >= 4 is 17.2 Å². The molecule has 0 N–H and O–H groups in total. The number of methoxy groups -OCH3 is 1. The Balaban J connectivity index is 1.42. The Bertz CT molecular complexity index is 708. The Labute approximate surface area is 157 Å². The van der Waals surface area contributed by atoms with Gasteiger partial charge >= 0.3 is 0 Å². The number of thiophene rings is 1. The zero-order valence-corrected chi connectivity index (χ0v) is 15.9. The van der Waals surface area contributed by atoms with Gasteiger partial charge in [0.15, 0.2) is 12.1 Å². The first-order chi connectivity index (χ1) is 12.7. The van der Waals surface area contributed by atoms with Crippen LogP contribution in [0.2, 0.25) is 0 Å². The normalized spacial score (nSPS) is 23.0. The quantitative estimate of drug-likeness (QED) is 0.804. The highest BCUT2D eigenvalue weighted by Gasteiger charge is 2.48. The van der Waals surface area contributed by atoms with Crippen molar-refractivity contribution in [1.82, 2.24) is 14.8 Å². The highest BCUT2D eigenvalue weighted by Crippen LogP contribution is 2.45. The van der Waals surface area contributed by atoms with Crippen LogP contribution >= 0.6 is 11.3 Å². The molecule has 6 nitrogen and oxygen atoms in total. The molecule has 2 aromatic heterocycles. The van der Waals surface area contributed by atoms with Crippen LogP contribution in [0.25, 0.3) is 0 Å². The summed E-state index contributed by atoms with van der Waals surface area (Å²) in [5, 5.41) is 2.14. The summed E-state index contributed by atoms with van der Waals surface area (Å²) in [5.74, 6) is 0.502. The molecule has 0 bridgehead atoms. The van der Waals surface area contributed by atoms with E-state index < -0.39 is 0 Å². The zero-order valence-electron chi connectivity index (χ0n) is 15.1. The lowest BCUT2D eigenvalue weighted by atomic mass is 9.71. The van der Waals surface area contributed by atoms with Gasteiger partial charge in [-0.25, -0.2) is 4.98 Å². The lowest BCUT2D eigenvalue weighted by Gasteiger charge is -2.42. The van der Waals surface area contributed by atoms with Gasteiger partial charge in [0.2, 0.25) is 0 Å². The topological polar surface area (TPSA) is 58.8 Å². The van der Waals surface area contributed by atoms with Crippen LogP contribution in [-0.4, -0.2) is 60.6 Å². The number of hydrogen-bond donors (Lipinski definition) is 0. The minimum atomic E-state index is -0.0228. The molecule has 7 heteroatoms. The summed E-state index contributed by atoms with van der Waals surface area (Å²) in [6.45, 7) is 5.52. The molecule has 2 saturated heterocycles. The molecule has 2 fully saturated rings. The molecule has 1 unspecified atom stereocenters. The molecule has 0 aliphatic carbocycles. The molecule has 2 aromatic rings. The number of rotatable bonds is 5. The van der Waals surface area contributed by atoms with E-state index in [2.05, 4.69) is 27.4 Å². The van der Waals surface area contributed by atoms with Crippen molar-refractivity contribution in [2.24, 2.45) is 11.3 Å². The molecule has 1 atom stereocenters. The van der Waals surface area contributed by atoms with Crippen molar-refractivity contribution in [1.29, 1.82) is 0 Å². The van der Waals surface area contributed by atoms with E-state index in [1.807, 2.05) is 16.2 Å². The van der Waals surface area contributed by atoms with Gasteiger partial charge in [-0.15, -0.1) is 11.3 Å². The number of carbonyl (C=O) groups excluding carboxylic acids is 1. The molecule has 1 spiro atoms. The van der Waals surface area contributed by atoms with Gasteiger partial charge in [0.05, 0.1) is 6.61 Å². The zero-order chi connectivity index (χ0) is 18.0. The number of likely N-dealkylation sites (tertiary alicyclic amines) is 2. The molecule has 2 aliphatic rings. The van der Waals surface area contributed by atoms with Crippen molar-refractivity contribution in [3.05, 3.63) is 40.7 Å². The summed E-state index contributed by atoms with van der Waals surface area (Å²) >= 11 is 1.82. The lowest BCUT2D eigenvalue weighted by molar-refractivity contribution is 0.0319. The Morgan fingerprint density at radius 3 is 2.96 bits per heavy atom. The summed E-state index contributed by atoms with van der Waals surface area (Å²) in [5.41, 5.74) is 0.647. The maximum absolute atomic E-state index is 12.5. The Kier molecular flexibility index (Phi) is 5.11. The predicted octanol–water partition coefficient (Wildman–Crippen LogP) is 2.74. The summed E-state index contributed by atoms with van der Waals surface area (Å²) in [6.07, 6.45) is 4.78. The van der Waals surface area contributed by atoms with E-state index in [9.17, 15) is 4.79 Å². The molecular formula is C19H25N3O3S. The van der Waals surface area contributed by atoms with Crippen molar-refractivity contribution < 1.29 is 13.9 Å². The maximum atomic E-state index is 12.5. The predicted molar refractivity (Wildman–Crippen MR) is 99.0 cm³/mol. The number of piperidine rings is 1. The maximum Gasteiger partial charge on any atom is 0.275 e. The Hall–Kier alpha value is -1.70. The second-order valence-electron chi connectivity index (χ2n) is 7.43. The molecule has 0 radical (unpaired) electrons. The van der Waals surface area contributed by atoms with E-state index in [1.54, 1.807) is 7.11 Å². The van der Waals surface area contributed by atoms with Gasteiger partial charge in [-0.05, 0) is 29.7 Å². The molecule has 4 heterocycles. The van der Waals surface area contributed by atoms with Crippen LogP contribution in [0.4, 0.5) is 0 Å². The van der Waals surface area contributed by atoms with Gasteiger partial charge in [0.1, 0.15) is 6.26 Å². The number of amides is 1. The highest BCUT2D eigenvalue weighted by atomic mass is 32.1. The van der Waals surface area contributed by atoms with E-state index in [0.29, 0.717) is 11.6 Å². The minimum absolute atomic E-state index is 0.0228. The highest BCUT2D eigenvalue weighted by molar-refractivity contribution is 7.09. The van der Waals surface area contributed by atoms with Crippen LogP contribution in [0.1, 0.15) is 28.2 Å². The van der Waals surface area contributed by atoms with E-state index >= 15 is 0 Å². The van der Waals surface area contributed by atoms with Gasteiger partial charge in [-0.3, -0.25) is 9.69 Å². The van der Waals surface area contributed by atoms with Crippen molar-refractivity contribution in [2.45, 2.75) is 19.4 Å². The first kappa shape index (κ1) is 17.7. The van der Waals surface area contributed by atoms with Crippen LogP contribution in [0.5, 0.6) is 0 Å². The number of ether oxygens (including phenoxy) is 1. The lowest BCUT2D eigenvalue weighted by Crippen LogP contribution is -2.47. The monoisotopic (exact) mass is 375 g/mol. The van der Waals surface area contributed by atoms with Gasteiger partial charge in [-0.1, -0.05) is 6.07 Å². The summed E-state index contributed by atoms with van der Waals surface area (Å²) in [6, 6.07) is 4.33. The first-order valence-electron chi connectivity index (χ1n) is 9.11. The molecule has 4 rings (SSSR count). The van der Waals surface area contributed by atoms with Gasteiger partial charge in [0, 0.05) is 50.6 Å². The smallest absolute Gasteiger partial charge is 0.275 e. The molecule has 0 aromatic carbocycles. The Morgan fingerprint density at radius 2 is 2.31 bits per heavy atom. The van der Waals surface area contributed by atoms with E-state index in [-0.39, 0.29) is 11.3 Å². The summed E-state index contributed by atoms with van der Waals surface area (Å²) in [4.78, 5) is 22.4. The average Bonchev–Trinajstić information content (AvgIpc) is 3.39. The number of oxazole rings is 1. The number of carbonyl (C=O) groups is 1. The average molecular weight is 375 g/mol. The van der Waals surface area contributed by atoms with Gasteiger partial charge in [0.25, 0.3) is 5.91 Å². The third-order valence-electron chi connectivity index (χ3n) is 5.91. The molecule has 1 amide bonds. The van der Waals surface area contributed by atoms with E-state index in [0.717, 1.165) is 52.2 Å². The fourth-order valence-electron chi connectivity index (χ4n) is 4.52. The SMILES string of the molecule is COCC1CN(Cc2cccs2)CC12CCN(C(=O)c1cocn1)CC2. The van der Waals surface area contributed by atoms with E-state index in [4.69, 9.17) is 9.15 Å². The second kappa shape index (κ2) is 7.50. The van der Waals surface area contributed by atoms with Crippen molar-refractivity contribution in [3.8, 4) is 0 Å². The fourth-order valence-corrected chi connectivity index (χ4v) is 5.27. The third-order valence-corrected chi connectivity index (χ3v) is 6.77. The van der Waals surface area contributed by atoms with Crippen molar-refractivity contribution in [2.75, 3.05) is 39.9 Å².